The molecule has 1 fully saturated rings. The Morgan fingerprint density at radius 3 is 2.62 bits per heavy atom. The molecule has 0 spiro atoms. The van der Waals surface area contributed by atoms with Gasteiger partial charge in [0.05, 0.1) is 6.61 Å². The van der Waals surface area contributed by atoms with Crippen molar-refractivity contribution in [1.82, 2.24) is 5.32 Å². The first-order valence-electron chi connectivity index (χ1n) is 8.53. The van der Waals surface area contributed by atoms with Gasteiger partial charge in [0.25, 0.3) is 0 Å². The number of benzene rings is 1. The van der Waals surface area contributed by atoms with Crippen LogP contribution in [0.4, 0.5) is 0 Å². The maximum absolute atomic E-state index is 5.80. The van der Waals surface area contributed by atoms with Gasteiger partial charge >= 0.3 is 0 Å². The predicted octanol–water partition coefficient (Wildman–Crippen LogP) is 4.70. The SMILES string of the molecule is CC(C)(C)C1CCCCC1NC1CCOc2ccccc21. The van der Waals surface area contributed by atoms with E-state index in [1.54, 1.807) is 0 Å². The van der Waals surface area contributed by atoms with E-state index in [2.05, 4.69) is 50.4 Å². The number of fused-ring (bicyclic) bond motifs is 1. The Kier molecular flexibility index (Phi) is 4.26. The molecule has 3 unspecified atom stereocenters. The second-order valence-corrected chi connectivity index (χ2v) is 7.76. The summed E-state index contributed by atoms with van der Waals surface area (Å²) in [6.07, 6.45) is 6.54. The minimum absolute atomic E-state index is 0.392. The molecule has 0 amide bonds. The number of ether oxygens (including phenoxy) is 1. The van der Waals surface area contributed by atoms with Gasteiger partial charge in [-0.15, -0.1) is 0 Å². The molecule has 1 aromatic carbocycles. The Morgan fingerprint density at radius 2 is 1.81 bits per heavy atom. The van der Waals surface area contributed by atoms with Crippen LogP contribution in [0.1, 0.15) is 64.5 Å². The fourth-order valence-electron chi connectivity index (χ4n) is 4.14. The molecule has 0 aromatic heterocycles. The van der Waals surface area contributed by atoms with Gasteiger partial charge in [-0.05, 0) is 30.2 Å². The molecule has 0 radical (unpaired) electrons. The van der Waals surface area contributed by atoms with E-state index in [1.165, 1.54) is 31.2 Å². The van der Waals surface area contributed by atoms with Gasteiger partial charge < -0.3 is 10.1 Å². The second kappa shape index (κ2) is 6.00. The molecular weight excluding hydrogens is 258 g/mol. The van der Waals surface area contributed by atoms with Crippen LogP contribution in [0.15, 0.2) is 24.3 Å². The molecule has 21 heavy (non-hydrogen) atoms. The van der Waals surface area contributed by atoms with E-state index in [-0.39, 0.29) is 0 Å². The van der Waals surface area contributed by atoms with Crippen molar-refractivity contribution in [3.63, 3.8) is 0 Å². The molecule has 0 bridgehead atoms. The molecule has 1 aromatic rings. The van der Waals surface area contributed by atoms with Gasteiger partial charge in [-0.25, -0.2) is 0 Å². The molecule has 2 aliphatic rings. The van der Waals surface area contributed by atoms with Crippen LogP contribution in [0.3, 0.4) is 0 Å². The fourth-order valence-corrected chi connectivity index (χ4v) is 4.14. The summed E-state index contributed by atoms with van der Waals surface area (Å²) in [4.78, 5) is 0. The zero-order valence-corrected chi connectivity index (χ0v) is 13.7. The molecule has 2 heteroatoms. The van der Waals surface area contributed by atoms with Crippen LogP contribution in [0.25, 0.3) is 0 Å². The molecule has 2 nitrogen and oxygen atoms in total. The van der Waals surface area contributed by atoms with Gasteiger partial charge in [-0.2, -0.15) is 0 Å². The maximum Gasteiger partial charge on any atom is 0.124 e. The molecule has 3 rings (SSSR count). The zero-order chi connectivity index (χ0) is 14.9. The summed E-state index contributed by atoms with van der Waals surface area (Å²) < 4.78 is 5.80. The Balaban J connectivity index is 1.77. The minimum Gasteiger partial charge on any atom is -0.493 e. The van der Waals surface area contributed by atoms with E-state index in [0.717, 1.165) is 24.7 Å². The van der Waals surface area contributed by atoms with Gasteiger partial charge in [0, 0.05) is 24.1 Å². The molecular formula is C19H29NO. The number of para-hydroxylation sites is 1. The van der Waals surface area contributed by atoms with Gasteiger partial charge in [0.1, 0.15) is 5.75 Å². The summed E-state index contributed by atoms with van der Waals surface area (Å²) in [5.41, 5.74) is 1.74. The highest BCUT2D eigenvalue weighted by atomic mass is 16.5. The molecule has 1 N–H and O–H groups in total. The van der Waals surface area contributed by atoms with Crippen molar-refractivity contribution >= 4 is 0 Å². The highest BCUT2D eigenvalue weighted by Crippen LogP contribution is 2.40. The Morgan fingerprint density at radius 1 is 1.05 bits per heavy atom. The Labute approximate surface area is 129 Å². The van der Waals surface area contributed by atoms with Crippen LogP contribution >= 0.6 is 0 Å². The summed E-state index contributed by atoms with van der Waals surface area (Å²) in [5, 5.41) is 3.99. The van der Waals surface area contributed by atoms with E-state index >= 15 is 0 Å². The van der Waals surface area contributed by atoms with E-state index < -0.39 is 0 Å². The molecule has 1 saturated carbocycles. The lowest BCUT2D eigenvalue weighted by atomic mass is 9.69. The number of rotatable bonds is 2. The predicted molar refractivity (Wildman–Crippen MR) is 87.6 cm³/mol. The lowest BCUT2D eigenvalue weighted by molar-refractivity contribution is 0.115. The van der Waals surface area contributed by atoms with Crippen LogP contribution in [-0.2, 0) is 0 Å². The fraction of sp³-hybridized carbons (Fsp3) is 0.684. The standard InChI is InChI=1S/C19H29NO/c1-19(2,3)15-9-5-6-10-17(15)20-16-12-13-21-18-11-7-4-8-14(16)18/h4,7-8,11,15-17,20H,5-6,9-10,12-13H2,1-3H3. The first-order chi connectivity index (χ1) is 10.1. The highest BCUT2D eigenvalue weighted by Gasteiger charge is 2.36. The monoisotopic (exact) mass is 287 g/mol. The average molecular weight is 287 g/mol. The minimum atomic E-state index is 0.392. The van der Waals surface area contributed by atoms with Crippen molar-refractivity contribution in [3.05, 3.63) is 29.8 Å². The van der Waals surface area contributed by atoms with Crippen molar-refractivity contribution in [2.45, 2.75) is 65.0 Å². The summed E-state index contributed by atoms with van der Waals surface area (Å²) in [6.45, 7) is 8.03. The first-order valence-corrected chi connectivity index (χ1v) is 8.53. The van der Waals surface area contributed by atoms with E-state index in [9.17, 15) is 0 Å². The quantitative estimate of drug-likeness (QED) is 0.851. The third-order valence-electron chi connectivity index (χ3n) is 5.25. The van der Waals surface area contributed by atoms with Gasteiger partial charge in [0.2, 0.25) is 0 Å². The topological polar surface area (TPSA) is 21.3 Å². The van der Waals surface area contributed by atoms with Crippen LogP contribution < -0.4 is 10.1 Å². The summed E-state index contributed by atoms with van der Waals surface area (Å²) in [7, 11) is 0. The zero-order valence-electron chi connectivity index (χ0n) is 13.7. The molecule has 0 saturated heterocycles. The lowest BCUT2D eigenvalue weighted by Crippen LogP contribution is -2.46. The number of hydrogen-bond donors (Lipinski definition) is 1. The summed E-state index contributed by atoms with van der Waals surface area (Å²) in [6, 6.07) is 9.63. The van der Waals surface area contributed by atoms with Crippen LogP contribution in [0.5, 0.6) is 5.75 Å². The van der Waals surface area contributed by atoms with E-state index in [4.69, 9.17) is 4.74 Å². The van der Waals surface area contributed by atoms with E-state index in [0.29, 0.717) is 17.5 Å². The van der Waals surface area contributed by atoms with Gasteiger partial charge in [-0.3, -0.25) is 0 Å². The normalized spacial score (nSPS) is 29.6. The lowest BCUT2D eigenvalue weighted by Gasteiger charge is -2.43. The summed E-state index contributed by atoms with van der Waals surface area (Å²) >= 11 is 0. The van der Waals surface area contributed by atoms with Gasteiger partial charge in [-0.1, -0.05) is 51.8 Å². The van der Waals surface area contributed by atoms with E-state index in [1.807, 2.05) is 0 Å². The highest BCUT2D eigenvalue weighted by molar-refractivity contribution is 5.37. The summed E-state index contributed by atoms with van der Waals surface area (Å²) in [5.74, 6) is 1.85. The molecule has 1 aliphatic carbocycles. The first kappa shape index (κ1) is 14.9. The van der Waals surface area contributed by atoms with Crippen molar-refractivity contribution in [2.24, 2.45) is 11.3 Å². The van der Waals surface area contributed by atoms with Crippen LogP contribution in [0, 0.1) is 11.3 Å². The third kappa shape index (κ3) is 3.26. The number of nitrogens with one attached hydrogen (secondary N) is 1. The van der Waals surface area contributed by atoms with Crippen molar-refractivity contribution in [3.8, 4) is 5.75 Å². The number of hydrogen-bond acceptors (Lipinski definition) is 2. The van der Waals surface area contributed by atoms with Gasteiger partial charge in [0.15, 0.2) is 0 Å². The second-order valence-electron chi connectivity index (χ2n) is 7.76. The Bertz CT molecular complexity index is 477. The molecule has 1 heterocycles. The van der Waals surface area contributed by atoms with Crippen molar-refractivity contribution in [2.75, 3.05) is 6.61 Å². The van der Waals surface area contributed by atoms with Crippen LogP contribution in [-0.4, -0.2) is 12.6 Å². The van der Waals surface area contributed by atoms with Crippen LogP contribution in [0.2, 0.25) is 0 Å². The maximum atomic E-state index is 5.80. The smallest absolute Gasteiger partial charge is 0.124 e. The molecule has 116 valence electrons. The third-order valence-corrected chi connectivity index (χ3v) is 5.25. The molecule has 3 atom stereocenters. The Hall–Kier alpha value is -1.02. The average Bonchev–Trinajstić information content (AvgIpc) is 2.47. The van der Waals surface area contributed by atoms with Crippen molar-refractivity contribution < 1.29 is 4.74 Å². The largest absolute Gasteiger partial charge is 0.493 e. The van der Waals surface area contributed by atoms with Crippen molar-refractivity contribution in [1.29, 1.82) is 0 Å². The molecule has 1 aliphatic heterocycles.